The highest BCUT2D eigenvalue weighted by Gasteiger charge is 2.43. The Labute approximate surface area is 188 Å². The van der Waals surface area contributed by atoms with Crippen LogP contribution in [0.5, 0.6) is 0 Å². The van der Waals surface area contributed by atoms with Crippen LogP contribution in [-0.4, -0.2) is 63.5 Å². The molecule has 0 aromatic carbocycles. The van der Waals surface area contributed by atoms with Crippen molar-refractivity contribution >= 4 is 16.9 Å². The van der Waals surface area contributed by atoms with Gasteiger partial charge in [-0.05, 0) is 42.7 Å². The Morgan fingerprint density at radius 1 is 1.09 bits per heavy atom. The van der Waals surface area contributed by atoms with Gasteiger partial charge in [-0.25, -0.2) is 4.98 Å². The normalized spacial score (nSPS) is 28.1. The van der Waals surface area contributed by atoms with E-state index in [0.717, 1.165) is 12.8 Å². The number of rotatable bonds is 3. The Morgan fingerprint density at radius 2 is 1.88 bits per heavy atom. The SMILES string of the molecule is CC1COCCC1c1cc(N2C3CCC2COC3)nc2c1c(C(F)(F)F)nn2-c1ccn[nH]1. The first-order chi connectivity index (χ1) is 15.9. The second-order valence-electron chi connectivity index (χ2n) is 9.25. The maximum atomic E-state index is 14.2. The van der Waals surface area contributed by atoms with Crippen molar-refractivity contribution in [1.29, 1.82) is 0 Å². The van der Waals surface area contributed by atoms with E-state index in [9.17, 15) is 13.2 Å². The zero-order valence-corrected chi connectivity index (χ0v) is 18.2. The zero-order valence-electron chi connectivity index (χ0n) is 18.2. The molecule has 0 saturated carbocycles. The predicted molar refractivity (Wildman–Crippen MR) is 113 cm³/mol. The Kier molecular flexibility index (Phi) is 4.88. The summed E-state index contributed by atoms with van der Waals surface area (Å²) in [5.74, 6) is 1.04. The number of morpholine rings is 1. The third kappa shape index (κ3) is 3.40. The molecule has 33 heavy (non-hydrogen) atoms. The summed E-state index contributed by atoms with van der Waals surface area (Å²) < 4.78 is 55.2. The predicted octanol–water partition coefficient (Wildman–Crippen LogP) is 3.67. The molecule has 0 spiro atoms. The van der Waals surface area contributed by atoms with Crippen molar-refractivity contribution < 1.29 is 22.6 Å². The molecule has 2 bridgehead atoms. The van der Waals surface area contributed by atoms with E-state index >= 15 is 0 Å². The molecule has 176 valence electrons. The van der Waals surface area contributed by atoms with Gasteiger partial charge in [-0.1, -0.05) is 6.92 Å². The van der Waals surface area contributed by atoms with Crippen molar-refractivity contribution in [2.45, 2.75) is 50.4 Å². The summed E-state index contributed by atoms with van der Waals surface area (Å²) in [4.78, 5) is 7.05. The van der Waals surface area contributed by atoms with Crippen molar-refractivity contribution in [3.8, 4) is 5.82 Å². The van der Waals surface area contributed by atoms with E-state index in [2.05, 4.69) is 20.2 Å². The summed E-state index contributed by atoms with van der Waals surface area (Å²) in [6, 6.07) is 3.83. The van der Waals surface area contributed by atoms with E-state index in [1.807, 2.05) is 13.0 Å². The molecule has 4 unspecified atom stereocenters. The lowest BCUT2D eigenvalue weighted by atomic mass is 9.82. The van der Waals surface area contributed by atoms with Crippen LogP contribution < -0.4 is 4.90 Å². The average Bonchev–Trinajstić information content (AvgIpc) is 3.49. The molecule has 8 nitrogen and oxygen atoms in total. The molecule has 0 radical (unpaired) electrons. The van der Waals surface area contributed by atoms with E-state index in [1.54, 1.807) is 6.07 Å². The fourth-order valence-electron chi connectivity index (χ4n) is 5.63. The molecule has 3 aliphatic rings. The number of aromatic amines is 1. The molecule has 1 N–H and O–H groups in total. The first kappa shape index (κ1) is 20.9. The number of ether oxygens (including phenoxy) is 2. The highest BCUT2D eigenvalue weighted by atomic mass is 19.4. The number of hydrogen-bond acceptors (Lipinski definition) is 6. The molecule has 0 aliphatic carbocycles. The van der Waals surface area contributed by atoms with Crippen LogP contribution in [0, 0.1) is 5.92 Å². The fourth-order valence-corrected chi connectivity index (χ4v) is 5.63. The van der Waals surface area contributed by atoms with Crippen LogP contribution in [0.25, 0.3) is 16.9 Å². The summed E-state index contributed by atoms with van der Waals surface area (Å²) in [6.07, 6.45) is -0.498. The smallest absolute Gasteiger partial charge is 0.381 e. The van der Waals surface area contributed by atoms with Crippen LogP contribution in [0.4, 0.5) is 19.0 Å². The first-order valence-electron chi connectivity index (χ1n) is 11.4. The van der Waals surface area contributed by atoms with Crippen molar-refractivity contribution in [2.24, 2.45) is 5.92 Å². The van der Waals surface area contributed by atoms with Gasteiger partial charge in [-0.2, -0.15) is 28.1 Å². The average molecular weight is 462 g/mol. The summed E-state index contributed by atoms with van der Waals surface area (Å²) in [6.45, 7) is 4.27. The second-order valence-corrected chi connectivity index (χ2v) is 9.25. The number of nitrogens with one attached hydrogen (secondary N) is 1. The van der Waals surface area contributed by atoms with Crippen LogP contribution in [0.3, 0.4) is 0 Å². The lowest BCUT2D eigenvalue weighted by molar-refractivity contribution is -0.140. The van der Waals surface area contributed by atoms with Gasteiger partial charge in [0.25, 0.3) is 0 Å². The molecule has 3 aliphatic heterocycles. The van der Waals surface area contributed by atoms with Gasteiger partial charge in [0.05, 0.1) is 36.9 Å². The molecule has 11 heteroatoms. The largest absolute Gasteiger partial charge is 0.435 e. The van der Waals surface area contributed by atoms with Gasteiger partial charge in [0.15, 0.2) is 17.2 Å². The number of hydrogen-bond donors (Lipinski definition) is 1. The topological polar surface area (TPSA) is 81.1 Å². The Balaban J connectivity index is 1.63. The van der Waals surface area contributed by atoms with Crippen LogP contribution in [0.1, 0.15) is 43.4 Å². The number of alkyl halides is 3. The maximum absolute atomic E-state index is 14.2. The lowest BCUT2D eigenvalue weighted by Gasteiger charge is -2.37. The molecular formula is C22H25F3N6O2. The molecule has 6 heterocycles. The van der Waals surface area contributed by atoms with Crippen LogP contribution >= 0.6 is 0 Å². The van der Waals surface area contributed by atoms with Crippen molar-refractivity contribution in [2.75, 3.05) is 31.3 Å². The van der Waals surface area contributed by atoms with E-state index in [-0.39, 0.29) is 35.0 Å². The van der Waals surface area contributed by atoms with Gasteiger partial charge in [0, 0.05) is 19.3 Å². The number of halogens is 3. The summed E-state index contributed by atoms with van der Waals surface area (Å²) in [7, 11) is 0. The second kappa shape index (κ2) is 7.69. The van der Waals surface area contributed by atoms with Gasteiger partial charge < -0.3 is 14.4 Å². The van der Waals surface area contributed by atoms with Gasteiger partial charge in [0.2, 0.25) is 0 Å². The fraction of sp³-hybridized carbons (Fsp3) is 0.591. The molecule has 3 aromatic heterocycles. The van der Waals surface area contributed by atoms with Crippen LogP contribution in [-0.2, 0) is 15.7 Å². The number of anilines is 1. The van der Waals surface area contributed by atoms with E-state index < -0.39 is 11.9 Å². The maximum Gasteiger partial charge on any atom is 0.435 e. The van der Waals surface area contributed by atoms with Crippen LogP contribution in [0.2, 0.25) is 0 Å². The molecule has 3 saturated heterocycles. The molecule has 0 amide bonds. The summed E-state index contributed by atoms with van der Waals surface area (Å²) in [5.41, 5.74) is -0.0665. The number of aromatic nitrogens is 5. The minimum atomic E-state index is -4.62. The minimum absolute atomic E-state index is 0.0696. The minimum Gasteiger partial charge on any atom is -0.381 e. The highest BCUT2D eigenvalue weighted by Crippen LogP contribution is 2.44. The highest BCUT2D eigenvalue weighted by molar-refractivity contribution is 5.86. The van der Waals surface area contributed by atoms with Crippen molar-refractivity contribution in [1.82, 2.24) is 25.0 Å². The Hall–Kier alpha value is -2.66. The number of fused-ring (bicyclic) bond motifs is 3. The van der Waals surface area contributed by atoms with Gasteiger partial charge in [-0.15, -0.1) is 0 Å². The quantitative estimate of drug-likeness (QED) is 0.640. The van der Waals surface area contributed by atoms with Crippen molar-refractivity contribution in [3.05, 3.63) is 29.6 Å². The number of pyridine rings is 1. The molecular weight excluding hydrogens is 437 g/mol. The summed E-state index contributed by atoms with van der Waals surface area (Å²) >= 11 is 0. The zero-order chi connectivity index (χ0) is 22.7. The summed E-state index contributed by atoms with van der Waals surface area (Å²) in [5, 5.41) is 10.7. The van der Waals surface area contributed by atoms with Gasteiger partial charge in [-0.3, -0.25) is 5.10 Å². The van der Waals surface area contributed by atoms with Gasteiger partial charge >= 0.3 is 6.18 Å². The monoisotopic (exact) mass is 462 g/mol. The molecule has 4 atom stereocenters. The van der Waals surface area contributed by atoms with Crippen molar-refractivity contribution in [3.63, 3.8) is 0 Å². The van der Waals surface area contributed by atoms with E-state index in [1.165, 1.54) is 10.9 Å². The van der Waals surface area contributed by atoms with Gasteiger partial charge in [0.1, 0.15) is 5.82 Å². The number of H-pyrrole nitrogens is 1. The molecule has 3 aromatic rings. The Morgan fingerprint density at radius 3 is 2.55 bits per heavy atom. The lowest BCUT2D eigenvalue weighted by Crippen LogP contribution is -2.46. The Bertz CT molecular complexity index is 1150. The van der Waals surface area contributed by atoms with E-state index in [4.69, 9.17) is 14.5 Å². The third-order valence-electron chi connectivity index (χ3n) is 7.18. The first-order valence-corrected chi connectivity index (χ1v) is 11.4. The number of nitrogens with zero attached hydrogens (tertiary/aromatic N) is 5. The molecule has 3 fully saturated rings. The standard InChI is InChI=1S/C22H25F3N6O2/c1-12-9-32-7-5-15(12)16-8-18(30-13-2-3-14(30)11-33-10-13)27-21-19(16)20(22(23,24)25)29-31(21)17-4-6-26-28-17/h4,6,8,12-15H,2-3,5,7,9-11H2,1H3,(H,26,28). The third-order valence-corrected chi connectivity index (χ3v) is 7.18. The van der Waals surface area contributed by atoms with Crippen LogP contribution in [0.15, 0.2) is 18.3 Å². The molecule has 6 rings (SSSR count). The van der Waals surface area contributed by atoms with E-state index in [0.29, 0.717) is 50.0 Å².